The first kappa shape index (κ1) is 11.8. The van der Waals surface area contributed by atoms with Crippen LogP contribution < -0.4 is 0 Å². The first-order chi connectivity index (χ1) is 5.56. The quantitative estimate of drug-likeness (QED) is 0.356. The fourth-order valence-corrected chi connectivity index (χ4v) is 1.00. The van der Waals surface area contributed by atoms with Gasteiger partial charge >= 0.3 is 0 Å². The topological polar surface area (TPSA) is 0 Å². The van der Waals surface area contributed by atoms with Crippen LogP contribution >= 0.6 is 11.6 Å². The zero-order valence-electron chi connectivity index (χ0n) is 8.41. The molecule has 0 bridgehead atoms. The molecule has 0 aliphatic rings. The van der Waals surface area contributed by atoms with Crippen LogP contribution in [0.5, 0.6) is 0 Å². The lowest BCUT2D eigenvalue weighted by Gasteiger charge is -2.06. The van der Waals surface area contributed by atoms with Crippen molar-refractivity contribution in [1.29, 1.82) is 0 Å². The highest BCUT2D eigenvalue weighted by molar-refractivity contribution is 6.17. The molecule has 0 aliphatic heterocycles. The van der Waals surface area contributed by atoms with Crippen LogP contribution in [-0.4, -0.2) is 5.88 Å². The van der Waals surface area contributed by atoms with Crippen LogP contribution in [0.3, 0.4) is 0 Å². The van der Waals surface area contributed by atoms with Crippen LogP contribution in [0.25, 0.3) is 0 Å². The van der Waals surface area contributed by atoms with Crippen molar-refractivity contribution in [3.8, 4) is 11.8 Å². The van der Waals surface area contributed by atoms with Crippen LogP contribution in [0.1, 0.15) is 46.5 Å². The third kappa shape index (κ3) is 9.85. The van der Waals surface area contributed by atoms with E-state index in [4.69, 9.17) is 11.6 Å². The SMILES string of the molecule is CC(C)(C)C#CCCCCCCl. The van der Waals surface area contributed by atoms with Crippen LogP contribution in [0.15, 0.2) is 0 Å². The standard InChI is InChI=1S/C11H19Cl/c1-11(2,3)9-7-5-4-6-8-10-12/h4-6,8,10H2,1-3H3. The van der Waals surface area contributed by atoms with E-state index >= 15 is 0 Å². The predicted molar refractivity (Wildman–Crippen MR) is 56.4 cm³/mol. The van der Waals surface area contributed by atoms with E-state index in [0.717, 1.165) is 18.7 Å². The van der Waals surface area contributed by atoms with Crippen molar-refractivity contribution < 1.29 is 0 Å². The van der Waals surface area contributed by atoms with Gasteiger partial charge in [-0.25, -0.2) is 0 Å². The molecule has 0 nitrogen and oxygen atoms in total. The Morgan fingerprint density at radius 3 is 2.25 bits per heavy atom. The van der Waals surface area contributed by atoms with Crippen molar-refractivity contribution in [1.82, 2.24) is 0 Å². The molecular weight excluding hydrogens is 168 g/mol. The maximum Gasteiger partial charge on any atom is 0.0230 e. The van der Waals surface area contributed by atoms with Gasteiger partial charge in [-0.05, 0) is 33.6 Å². The van der Waals surface area contributed by atoms with E-state index in [1.165, 1.54) is 12.8 Å². The van der Waals surface area contributed by atoms with E-state index in [1.54, 1.807) is 0 Å². The summed E-state index contributed by atoms with van der Waals surface area (Å²) in [7, 11) is 0. The smallest absolute Gasteiger partial charge is 0.0230 e. The first-order valence-electron chi connectivity index (χ1n) is 4.62. The van der Waals surface area contributed by atoms with Crippen molar-refractivity contribution in [2.45, 2.75) is 46.5 Å². The Kier molecular flexibility index (Phi) is 6.30. The fourth-order valence-electron chi connectivity index (χ4n) is 0.812. The lowest BCUT2D eigenvalue weighted by atomic mass is 9.98. The Labute approximate surface area is 81.7 Å². The molecular formula is C11H19Cl. The molecule has 0 aliphatic carbocycles. The monoisotopic (exact) mass is 186 g/mol. The number of alkyl halides is 1. The van der Waals surface area contributed by atoms with Crippen molar-refractivity contribution in [2.24, 2.45) is 5.41 Å². The fraction of sp³-hybridized carbons (Fsp3) is 0.818. The minimum atomic E-state index is 0.159. The second kappa shape index (κ2) is 6.38. The second-order valence-corrected chi connectivity index (χ2v) is 4.43. The van der Waals surface area contributed by atoms with Gasteiger partial charge in [0, 0.05) is 17.7 Å². The molecule has 0 amide bonds. The summed E-state index contributed by atoms with van der Waals surface area (Å²) in [5.74, 6) is 7.19. The summed E-state index contributed by atoms with van der Waals surface area (Å²) in [5.41, 5.74) is 0.159. The maximum absolute atomic E-state index is 5.55. The molecule has 0 atom stereocenters. The van der Waals surface area contributed by atoms with Crippen LogP contribution in [0.4, 0.5) is 0 Å². The van der Waals surface area contributed by atoms with Crippen LogP contribution in [0, 0.1) is 17.3 Å². The average molecular weight is 187 g/mol. The van der Waals surface area contributed by atoms with Crippen molar-refractivity contribution >= 4 is 11.6 Å². The molecule has 0 saturated heterocycles. The highest BCUT2D eigenvalue weighted by atomic mass is 35.5. The van der Waals surface area contributed by atoms with Gasteiger partial charge in [-0.3, -0.25) is 0 Å². The van der Waals surface area contributed by atoms with Crippen molar-refractivity contribution in [3.05, 3.63) is 0 Å². The summed E-state index contributed by atoms with van der Waals surface area (Å²) in [6, 6.07) is 0. The van der Waals surface area contributed by atoms with E-state index in [2.05, 4.69) is 32.6 Å². The lowest BCUT2D eigenvalue weighted by Crippen LogP contribution is -1.98. The highest BCUT2D eigenvalue weighted by Gasteiger charge is 2.02. The number of halogens is 1. The van der Waals surface area contributed by atoms with Gasteiger partial charge in [0.1, 0.15) is 0 Å². The van der Waals surface area contributed by atoms with Gasteiger partial charge in [0.05, 0.1) is 0 Å². The molecule has 0 aromatic rings. The number of hydrogen-bond donors (Lipinski definition) is 0. The summed E-state index contributed by atoms with van der Waals surface area (Å²) >= 11 is 5.55. The summed E-state index contributed by atoms with van der Waals surface area (Å²) in [6.07, 6.45) is 4.55. The average Bonchev–Trinajstić information content (AvgIpc) is 1.94. The molecule has 12 heavy (non-hydrogen) atoms. The van der Waals surface area contributed by atoms with E-state index in [9.17, 15) is 0 Å². The molecule has 0 aromatic heterocycles. The summed E-state index contributed by atoms with van der Waals surface area (Å²) < 4.78 is 0. The molecule has 0 N–H and O–H groups in total. The third-order valence-electron chi connectivity index (χ3n) is 1.40. The predicted octanol–water partition coefficient (Wildman–Crippen LogP) is 3.84. The van der Waals surface area contributed by atoms with Gasteiger partial charge in [0.15, 0.2) is 0 Å². The highest BCUT2D eigenvalue weighted by Crippen LogP contribution is 2.10. The molecule has 0 heterocycles. The zero-order chi connectivity index (χ0) is 9.45. The first-order valence-corrected chi connectivity index (χ1v) is 5.16. The largest absolute Gasteiger partial charge is 0.127 e. The molecule has 0 aromatic carbocycles. The Hall–Kier alpha value is -0.150. The maximum atomic E-state index is 5.55. The molecule has 0 saturated carbocycles. The second-order valence-electron chi connectivity index (χ2n) is 4.05. The summed E-state index contributed by atoms with van der Waals surface area (Å²) in [4.78, 5) is 0. The Bertz CT molecular complexity index is 154. The lowest BCUT2D eigenvalue weighted by molar-refractivity contribution is 0.569. The van der Waals surface area contributed by atoms with Crippen LogP contribution in [-0.2, 0) is 0 Å². The van der Waals surface area contributed by atoms with E-state index in [-0.39, 0.29) is 5.41 Å². The minimum Gasteiger partial charge on any atom is -0.127 e. The van der Waals surface area contributed by atoms with Crippen molar-refractivity contribution in [3.63, 3.8) is 0 Å². The van der Waals surface area contributed by atoms with E-state index in [0.29, 0.717) is 0 Å². The Balaban J connectivity index is 3.34. The van der Waals surface area contributed by atoms with Gasteiger partial charge in [0.25, 0.3) is 0 Å². The molecule has 0 unspecified atom stereocenters. The van der Waals surface area contributed by atoms with Gasteiger partial charge in [-0.15, -0.1) is 17.5 Å². The van der Waals surface area contributed by atoms with Gasteiger partial charge in [0.2, 0.25) is 0 Å². The molecule has 0 rings (SSSR count). The van der Waals surface area contributed by atoms with E-state index in [1.807, 2.05) is 0 Å². The molecule has 0 spiro atoms. The van der Waals surface area contributed by atoms with Gasteiger partial charge < -0.3 is 0 Å². The molecule has 0 radical (unpaired) electrons. The minimum absolute atomic E-state index is 0.159. The normalized spacial score (nSPS) is 10.7. The molecule has 0 fully saturated rings. The molecule has 70 valence electrons. The molecule has 1 heteroatoms. The van der Waals surface area contributed by atoms with Gasteiger partial charge in [-0.1, -0.05) is 12.3 Å². The third-order valence-corrected chi connectivity index (χ3v) is 1.67. The van der Waals surface area contributed by atoms with E-state index < -0.39 is 0 Å². The number of hydrogen-bond acceptors (Lipinski definition) is 0. The summed E-state index contributed by atoms with van der Waals surface area (Å²) in [6.45, 7) is 6.41. The van der Waals surface area contributed by atoms with Crippen LogP contribution in [0.2, 0.25) is 0 Å². The Morgan fingerprint density at radius 2 is 1.75 bits per heavy atom. The van der Waals surface area contributed by atoms with Gasteiger partial charge in [-0.2, -0.15) is 0 Å². The zero-order valence-corrected chi connectivity index (χ0v) is 9.17. The number of rotatable bonds is 4. The summed E-state index contributed by atoms with van der Waals surface area (Å²) in [5, 5.41) is 0. The van der Waals surface area contributed by atoms with Crippen molar-refractivity contribution in [2.75, 3.05) is 5.88 Å². The Morgan fingerprint density at radius 1 is 1.08 bits per heavy atom. The number of unbranched alkanes of at least 4 members (excludes halogenated alkanes) is 3.